The molecule has 204 valence electrons. The summed E-state index contributed by atoms with van der Waals surface area (Å²) in [5, 5.41) is 10.5. The van der Waals surface area contributed by atoms with Crippen LogP contribution < -0.4 is 16.0 Å². The van der Waals surface area contributed by atoms with Crippen LogP contribution in [0.15, 0.2) is 33.7 Å². The van der Waals surface area contributed by atoms with Crippen LogP contribution in [0.3, 0.4) is 0 Å². The van der Waals surface area contributed by atoms with Gasteiger partial charge in [0.2, 0.25) is 23.7 Å². The van der Waals surface area contributed by atoms with Crippen LogP contribution in [0.5, 0.6) is 0 Å². The Morgan fingerprint density at radius 2 is 1.82 bits per heavy atom. The highest BCUT2D eigenvalue weighted by Crippen LogP contribution is 2.23. The van der Waals surface area contributed by atoms with Crippen molar-refractivity contribution in [2.24, 2.45) is 10.9 Å². The van der Waals surface area contributed by atoms with Gasteiger partial charge in [0.05, 0.1) is 6.54 Å². The van der Waals surface area contributed by atoms with E-state index in [-0.39, 0.29) is 36.1 Å². The van der Waals surface area contributed by atoms with Crippen LogP contribution in [-0.4, -0.2) is 78.8 Å². The second-order valence-corrected chi connectivity index (χ2v) is 10.6. The zero-order chi connectivity index (χ0) is 26.5. The lowest BCUT2D eigenvalue weighted by atomic mass is 9.97. The number of hydrogen-bond acceptors (Lipinski definition) is 6. The summed E-state index contributed by atoms with van der Waals surface area (Å²) >= 11 is 0. The molecular formula is C28H38N6O4. The van der Waals surface area contributed by atoms with Crippen molar-refractivity contribution < 1.29 is 18.8 Å². The van der Waals surface area contributed by atoms with E-state index in [1.165, 1.54) is 0 Å². The molecule has 3 fully saturated rings. The maximum Gasteiger partial charge on any atom is 0.247 e. The Hall–Kier alpha value is -3.40. The molecular weight excluding hydrogens is 484 g/mol. The highest BCUT2D eigenvalue weighted by molar-refractivity contribution is 6.06. The molecule has 1 aromatic heterocycles. The first kappa shape index (κ1) is 26.2. The number of benzene rings is 1. The number of piperidine rings is 1. The van der Waals surface area contributed by atoms with Crippen LogP contribution >= 0.6 is 0 Å². The van der Waals surface area contributed by atoms with Crippen LogP contribution in [0.2, 0.25) is 0 Å². The van der Waals surface area contributed by atoms with E-state index < -0.39 is 6.04 Å². The first-order valence-corrected chi connectivity index (χ1v) is 13.9. The summed E-state index contributed by atoms with van der Waals surface area (Å²) in [5.74, 6) is 0.715. The van der Waals surface area contributed by atoms with Gasteiger partial charge in [0, 0.05) is 36.6 Å². The van der Waals surface area contributed by atoms with Crippen molar-refractivity contribution in [2.45, 2.75) is 57.9 Å². The number of guanidine groups is 1. The number of furan rings is 1. The van der Waals surface area contributed by atoms with Crippen LogP contribution in [-0.2, 0) is 14.4 Å². The molecule has 1 aromatic carbocycles. The van der Waals surface area contributed by atoms with Gasteiger partial charge in [-0.25, -0.2) is 4.99 Å². The minimum absolute atomic E-state index is 0.00162. The minimum atomic E-state index is -0.667. The number of fused-ring (bicyclic) bond motifs is 1. The SMILES string of the molecule is Cc1cc2cc(NC(=N[C@H]3CCCCN(CC(=O)N4CCCC4)C3=O)NC(=O)C3CCNCC3)ccc2o1. The number of anilines is 1. The number of rotatable bonds is 5. The quantitative estimate of drug-likeness (QED) is 0.410. The lowest BCUT2D eigenvalue weighted by Gasteiger charge is -2.26. The van der Waals surface area contributed by atoms with Crippen molar-refractivity contribution in [3.05, 3.63) is 30.0 Å². The van der Waals surface area contributed by atoms with Gasteiger partial charge in [0.1, 0.15) is 17.4 Å². The smallest absolute Gasteiger partial charge is 0.247 e. The first-order chi connectivity index (χ1) is 18.5. The molecule has 1 atom stereocenters. The topological polar surface area (TPSA) is 119 Å². The van der Waals surface area contributed by atoms with Gasteiger partial charge in [-0.3, -0.25) is 19.7 Å². The number of carbonyl (C=O) groups excluding carboxylic acids is 3. The highest BCUT2D eigenvalue weighted by Gasteiger charge is 2.31. The van der Waals surface area contributed by atoms with Gasteiger partial charge < -0.3 is 24.9 Å². The second-order valence-electron chi connectivity index (χ2n) is 10.6. The third-order valence-corrected chi connectivity index (χ3v) is 7.68. The maximum atomic E-state index is 13.5. The molecule has 0 unspecified atom stereocenters. The van der Waals surface area contributed by atoms with Gasteiger partial charge in [-0.15, -0.1) is 0 Å². The van der Waals surface area contributed by atoms with Crippen LogP contribution in [0, 0.1) is 12.8 Å². The Balaban J connectivity index is 1.36. The molecule has 3 amide bonds. The molecule has 3 aliphatic heterocycles. The molecule has 0 aliphatic carbocycles. The number of aryl methyl sites for hydroxylation is 1. The van der Waals surface area contributed by atoms with E-state index in [1.54, 1.807) is 4.90 Å². The summed E-state index contributed by atoms with van der Waals surface area (Å²) < 4.78 is 5.69. The summed E-state index contributed by atoms with van der Waals surface area (Å²) in [5.41, 5.74) is 1.52. The standard InChI is InChI=1S/C28H38N6O4/c1-19-16-21-17-22(7-8-24(21)38-19)30-28(32-26(36)20-9-11-29-12-10-20)31-23-6-2-3-15-34(27(23)37)18-25(35)33-13-4-5-14-33/h7-8,16-17,20,23,29H,2-6,9-15,18H2,1H3,(H2,30,31,32,36)/t23-/m0/s1. The minimum Gasteiger partial charge on any atom is -0.461 e. The fourth-order valence-corrected chi connectivity index (χ4v) is 5.54. The van der Waals surface area contributed by atoms with Crippen molar-refractivity contribution in [2.75, 3.05) is 44.6 Å². The molecule has 38 heavy (non-hydrogen) atoms. The first-order valence-electron chi connectivity index (χ1n) is 13.9. The normalized spacial score (nSPS) is 21.6. The fraction of sp³-hybridized carbons (Fsp3) is 0.571. The number of carbonyl (C=O) groups is 3. The van der Waals surface area contributed by atoms with Crippen LogP contribution in [0.1, 0.15) is 50.7 Å². The Morgan fingerprint density at radius 3 is 2.61 bits per heavy atom. The Bertz CT molecular complexity index is 1200. The van der Waals surface area contributed by atoms with Gasteiger partial charge in [-0.2, -0.15) is 0 Å². The Morgan fingerprint density at radius 1 is 1.05 bits per heavy atom. The third kappa shape index (κ3) is 6.35. The lowest BCUT2D eigenvalue weighted by molar-refractivity contribution is -0.140. The number of amides is 3. The van der Waals surface area contributed by atoms with Gasteiger partial charge in [-0.05, 0) is 89.2 Å². The number of hydrogen-bond donors (Lipinski definition) is 3. The summed E-state index contributed by atoms with van der Waals surface area (Å²) in [6, 6.07) is 6.97. The van der Waals surface area contributed by atoms with Crippen molar-refractivity contribution in [3.63, 3.8) is 0 Å². The largest absolute Gasteiger partial charge is 0.461 e. The zero-order valence-corrected chi connectivity index (χ0v) is 22.1. The van der Waals surface area contributed by atoms with E-state index in [2.05, 4.69) is 16.0 Å². The van der Waals surface area contributed by atoms with Crippen LogP contribution in [0.25, 0.3) is 11.0 Å². The molecule has 0 radical (unpaired) electrons. The van der Waals surface area contributed by atoms with Gasteiger partial charge >= 0.3 is 0 Å². The van der Waals surface area contributed by atoms with Gasteiger partial charge in [-0.1, -0.05) is 0 Å². The molecule has 3 aliphatic rings. The van der Waals surface area contributed by atoms with Gasteiger partial charge in [0.15, 0.2) is 0 Å². The van der Waals surface area contributed by atoms with Crippen molar-refractivity contribution in [1.82, 2.24) is 20.4 Å². The van der Waals surface area contributed by atoms with E-state index in [1.807, 2.05) is 36.1 Å². The molecule has 10 heteroatoms. The molecule has 3 N–H and O–H groups in total. The van der Waals surface area contributed by atoms with Gasteiger partial charge in [0.25, 0.3) is 0 Å². The molecule has 3 saturated heterocycles. The monoisotopic (exact) mass is 522 g/mol. The Labute approximate surface area is 223 Å². The number of likely N-dealkylation sites (tertiary alicyclic amines) is 2. The molecule has 2 aromatic rings. The number of nitrogens with zero attached hydrogens (tertiary/aromatic N) is 3. The average Bonchev–Trinajstić information content (AvgIpc) is 3.55. The van der Waals surface area contributed by atoms with Crippen molar-refractivity contribution >= 4 is 40.3 Å². The lowest BCUT2D eigenvalue weighted by Crippen LogP contribution is -2.46. The summed E-state index contributed by atoms with van der Waals surface area (Å²) in [4.78, 5) is 47.7. The molecule has 0 spiro atoms. The average molecular weight is 523 g/mol. The summed E-state index contributed by atoms with van der Waals surface area (Å²) in [6.07, 6.45) is 5.77. The second kappa shape index (κ2) is 12.0. The van der Waals surface area contributed by atoms with Crippen LogP contribution in [0.4, 0.5) is 5.69 Å². The number of aliphatic imine (C=N–C) groups is 1. The van der Waals surface area contributed by atoms with E-state index in [4.69, 9.17) is 9.41 Å². The van der Waals surface area contributed by atoms with Crippen molar-refractivity contribution in [1.29, 1.82) is 0 Å². The summed E-state index contributed by atoms with van der Waals surface area (Å²) in [6.45, 7) is 5.67. The fourth-order valence-electron chi connectivity index (χ4n) is 5.54. The predicted octanol–water partition coefficient (Wildman–Crippen LogP) is 2.63. The molecule has 5 rings (SSSR count). The number of nitrogens with one attached hydrogen (secondary N) is 3. The molecule has 4 heterocycles. The van der Waals surface area contributed by atoms with E-state index in [0.29, 0.717) is 13.0 Å². The van der Waals surface area contributed by atoms with Crippen molar-refractivity contribution in [3.8, 4) is 0 Å². The third-order valence-electron chi connectivity index (χ3n) is 7.68. The Kier molecular flexibility index (Phi) is 8.26. The van der Waals surface area contributed by atoms with E-state index in [0.717, 1.165) is 87.1 Å². The maximum absolute atomic E-state index is 13.5. The molecule has 0 saturated carbocycles. The molecule has 0 bridgehead atoms. The predicted molar refractivity (Wildman–Crippen MR) is 146 cm³/mol. The van der Waals surface area contributed by atoms with E-state index in [9.17, 15) is 14.4 Å². The van der Waals surface area contributed by atoms with E-state index >= 15 is 0 Å². The highest BCUT2D eigenvalue weighted by atomic mass is 16.3. The zero-order valence-electron chi connectivity index (χ0n) is 22.1. The summed E-state index contributed by atoms with van der Waals surface area (Å²) in [7, 11) is 0. The molecule has 10 nitrogen and oxygen atoms in total.